The van der Waals surface area contributed by atoms with E-state index in [1.807, 2.05) is 24.6 Å². The highest BCUT2D eigenvalue weighted by molar-refractivity contribution is 6.05. The van der Waals surface area contributed by atoms with Crippen LogP contribution in [0.1, 0.15) is 16.1 Å². The van der Waals surface area contributed by atoms with Crippen molar-refractivity contribution in [2.24, 2.45) is 14.1 Å². The first-order valence-corrected chi connectivity index (χ1v) is 6.46. The largest absolute Gasteiger partial charge is 0.506 e. The first-order chi connectivity index (χ1) is 9.93. The summed E-state index contributed by atoms with van der Waals surface area (Å²) in [6, 6.07) is 5.24. The van der Waals surface area contributed by atoms with Crippen LogP contribution >= 0.6 is 0 Å². The molecule has 2 aromatic heterocycles. The molecule has 0 unspecified atom stereocenters. The lowest BCUT2D eigenvalue weighted by atomic mass is 10.0. The van der Waals surface area contributed by atoms with Gasteiger partial charge >= 0.3 is 5.97 Å². The monoisotopic (exact) mass is 285 g/mol. The zero-order chi connectivity index (χ0) is 15.3. The highest BCUT2D eigenvalue weighted by Gasteiger charge is 2.23. The molecule has 6 nitrogen and oxygen atoms in total. The van der Waals surface area contributed by atoms with Crippen LogP contribution in [-0.4, -0.2) is 30.5 Å². The lowest BCUT2D eigenvalue weighted by Gasteiger charge is -2.05. The van der Waals surface area contributed by atoms with E-state index in [4.69, 9.17) is 0 Å². The number of fused-ring (bicyclic) bond motifs is 1. The van der Waals surface area contributed by atoms with Crippen molar-refractivity contribution in [3.05, 3.63) is 35.7 Å². The fraction of sp³-hybridized carbons (Fsp3) is 0.200. The van der Waals surface area contributed by atoms with Crippen molar-refractivity contribution in [1.29, 1.82) is 0 Å². The molecular formula is C15H15N3O3. The van der Waals surface area contributed by atoms with Crippen LogP contribution in [0.2, 0.25) is 0 Å². The Morgan fingerprint density at radius 3 is 2.67 bits per heavy atom. The normalized spacial score (nSPS) is 11.2. The molecule has 0 aliphatic carbocycles. The molecule has 2 N–H and O–H groups in total. The summed E-state index contributed by atoms with van der Waals surface area (Å²) in [6.45, 7) is 1.90. The Hall–Kier alpha value is -2.76. The molecule has 0 aliphatic heterocycles. The summed E-state index contributed by atoms with van der Waals surface area (Å²) < 4.78 is 3.41. The second-order valence-electron chi connectivity index (χ2n) is 5.03. The molecule has 0 saturated heterocycles. The topological polar surface area (TPSA) is 80.3 Å². The van der Waals surface area contributed by atoms with Crippen LogP contribution in [-0.2, 0) is 14.1 Å². The van der Waals surface area contributed by atoms with Gasteiger partial charge in [-0.25, -0.2) is 4.79 Å². The fourth-order valence-electron chi connectivity index (χ4n) is 2.81. The lowest BCUT2D eigenvalue weighted by Crippen LogP contribution is -2.02. The average molecular weight is 285 g/mol. The molecule has 2 heterocycles. The third-order valence-corrected chi connectivity index (χ3v) is 3.89. The molecule has 6 heteroatoms. The summed E-state index contributed by atoms with van der Waals surface area (Å²) in [5.41, 5.74) is 3.02. The maximum absolute atomic E-state index is 11.4. The Balaban J connectivity index is 2.47. The smallest absolute Gasteiger partial charge is 0.339 e. The van der Waals surface area contributed by atoms with Crippen molar-refractivity contribution < 1.29 is 15.0 Å². The van der Waals surface area contributed by atoms with Gasteiger partial charge in [0.1, 0.15) is 11.3 Å². The molecule has 0 saturated carbocycles. The Labute approximate surface area is 120 Å². The van der Waals surface area contributed by atoms with Gasteiger partial charge in [-0.2, -0.15) is 5.10 Å². The Bertz CT molecular complexity index is 874. The number of aromatic nitrogens is 3. The summed E-state index contributed by atoms with van der Waals surface area (Å²) in [4.78, 5) is 11.4. The van der Waals surface area contributed by atoms with Crippen LogP contribution in [0.25, 0.3) is 22.2 Å². The van der Waals surface area contributed by atoms with E-state index in [0.717, 1.165) is 16.6 Å². The summed E-state index contributed by atoms with van der Waals surface area (Å²) in [7, 11) is 3.56. The van der Waals surface area contributed by atoms with E-state index in [9.17, 15) is 15.0 Å². The van der Waals surface area contributed by atoms with Gasteiger partial charge in [-0.3, -0.25) is 4.68 Å². The average Bonchev–Trinajstić information content (AvgIpc) is 2.91. The summed E-state index contributed by atoms with van der Waals surface area (Å²) >= 11 is 0. The van der Waals surface area contributed by atoms with Gasteiger partial charge in [0.15, 0.2) is 0 Å². The minimum Gasteiger partial charge on any atom is -0.506 e. The van der Waals surface area contributed by atoms with Gasteiger partial charge < -0.3 is 14.8 Å². The summed E-state index contributed by atoms with van der Waals surface area (Å²) in [5.74, 6) is -0.849. The third-order valence-electron chi connectivity index (χ3n) is 3.89. The predicted molar refractivity (Wildman–Crippen MR) is 78.5 cm³/mol. The number of carbonyl (C=O) groups is 1. The van der Waals surface area contributed by atoms with Crippen LogP contribution in [0.4, 0.5) is 0 Å². The molecule has 1 aromatic carbocycles. The zero-order valence-corrected chi connectivity index (χ0v) is 12.0. The molecule has 108 valence electrons. The van der Waals surface area contributed by atoms with Crippen molar-refractivity contribution in [3.8, 4) is 17.0 Å². The van der Waals surface area contributed by atoms with Gasteiger partial charge in [0.2, 0.25) is 0 Å². The number of phenolic OH excluding ortho intramolecular Hbond substituents is 1. The van der Waals surface area contributed by atoms with Crippen LogP contribution < -0.4 is 0 Å². The molecule has 0 spiro atoms. The van der Waals surface area contributed by atoms with Crippen molar-refractivity contribution in [1.82, 2.24) is 14.3 Å². The number of aryl methyl sites for hydroxylation is 2. The number of hydrogen-bond donors (Lipinski definition) is 2. The second-order valence-corrected chi connectivity index (χ2v) is 5.03. The second kappa shape index (κ2) is 4.37. The van der Waals surface area contributed by atoms with Crippen molar-refractivity contribution in [2.45, 2.75) is 6.92 Å². The first kappa shape index (κ1) is 13.2. The number of aromatic carboxylic acids is 1. The molecule has 0 aliphatic rings. The Morgan fingerprint density at radius 1 is 1.29 bits per heavy atom. The molecular weight excluding hydrogens is 270 g/mol. The van der Waals surface area contributed by atoms with E-state index in [-0.39, 0.29) is 11.3 Å². The van der Waals surface area contributed by atoms with Gasteiger partial charge in [0.05, 0.1) is 17.4 Å². The summed E-state index contributed by atoms with van der Waals surface area (Å²) in [6.07, 6.45) is 1.35. The lowest BCUT2D eigenvalue weighted by molar-refractivity contribution is 0.0697. The molecule has 21 heavy (non-hydrogen) atoms. The van der Waals surface area contributed by atoms with Crippen LogP contribution in [0.15, 0.2) is 24.4 Å². The number of aromatic hydroxyl groups is 1. The standard InChI is InChI=1S/C15H15N3O3/c1-8-12(14-10(15(20)21)7-16-18(14)3)9-5-4-6-11(19)13(9)17(8)2/h4-7,19H,1-3H3,(H,20,21). The van der Waals surface area contributed by atoms with Gasteiger partial charge in [-0.05, 0) is 13.0 Å². The molecule has 0 amide bonds. The minimum absolute atomic E-state index is 0.149. The van der Waals surface area contributed by atoms with Gasteiger partial charge in [-0.15, -0.1) is 0 Å². The van der Waals surface area contributed by atoms with E-state index < -0.39 is 5.97 Å². The molecule has 0 atom stereocenters. The van der Waals surface area contributed by atoms with Crippen molar-refractivity contribution in [3.63, 3.8) is 0 Å². The number of nitrogens with zero attached hydrogens (tertiary/aromatic N) is 3. The molecule has 3 rings (SSSR count). The number of para-hydroxylation sites is 1. The van der Waals surface area contributed by atoms with E-state index in [1.165, 1.54) is 6.20 Å². The predicted octanol–water partition coefficient (Wildman–Crippen LogP) is 2.29. The number of rotatable bonds is 2. The Kier molecular flexibility index (Phi) is 2.76. The first-order valence-electron chi connectivity index (χ1n) is 6.46. The quantitative estimate of drug-likeness (QED) is 0.757. The maximum Gasteiger partial charge on any atom is 0.339 e. The Morgan fingerprint density at radius 2 is 2.00 bits per heavy atom. The van der Waals surface area contributed by atoms with Crippen LogP contribution in [0.3, 0.4) is 0 Å². The van der Waals surface area contributed by atoms with Crippen molar-refractivity contribution >= 4 is 16.9 Å². The minimum atomic E-state index is -1.02. The highest BCUT2D eigenvalue weighted by Crippen LogP contribution is 2.38. The molecule has 0 radical (unpaired) electrons. The van der Waals surface area contributed by atoms with E-state index in [0.29, 0.717) is 11.2 Å². The van der Waals surface area contributed by atoms with E-state index in [2.05, 4.69) is 5.10 Å². The number of phenols is 1. The molecule has 3 aromatic rings. The van der Waals surface area contributed by atoms with Crippen LogP contribution in [0.5, 0.6) is 5.75 Å². The number of benzene rings is 1. The number of hydrogen-bond acceptors (Lipinski definition) is 3. The number of carboxylic acids is 1. The van der Waals surface area contributed by atoms with Crippen LogP contribution in [0, 0.1) is 6.92 Å². The van der Waals surface area contributed by atoms with E-state index in [1.54, 1.807) is 23.9 Å². The molecule has 0 fully saturated rings. The van der Waals surface area contributed by atoms with Gasteiger partial charge in [-0.1, -0.05) is 12.1 Å². The van der Waals surface area contributed by atoms with Gasteiger partial charge in [0, 0.05) is 30.7 Å². The fourth-order valence-corrected chi connectivity index (χ4v) is 2.81. The number of carboxylic acid groups (broad SMARTS) is 1. The SMILES string of the molecule is Cc1c(-c2c(C(=O)O)cnn2C)c2cccc(O)c2n1C. The molecule has 0 bridgehead atoms. The third kappa shape index (κ3) is 1.72. The zero-order valence-electron chi connectivity index (χ0n) is 12.0. The maximum atomic E-state index is 11.4. The highest BCUT2D eigenvalue weighted by atomic mass is 16.4. The van der Waals surface area contributed by atoms with E-state index >= 15 is 0 Å². The van der Waals surface area contributed by atoms with Gasteiger partial charge in [0.25, 0.3) is 0 Å². The summed E-state index contributed by atoms with van der Waals surface area (Å²) in [5, 5.41) is 24.3. The van der Waals surface area contributed by atoms with Crippen molar-refractivity contribution in [2.75, 3.05) is 0 Å².